The third kappa shape index (κ3) is 1.65. The van der Waals surface area contributed by atoms with Gasteiger partial charge in [-0.2, -0.15) is 5.06 Å². The Morgan fingerprint density at radius 2 is 2.62 bits per heavy atom. The van der Waals surface area contributed by atoms with E-state index in [4.69, 9.17) is 4.84 Å². The van der Waals surface area contributed by atoms with Crippen molar-refractivity contribution in [3.05, 3.63) is 0 Å². The zero-order chi connectivity index (χ0) is 5.82. The van der Waals surface area contributed by atoms with Gasteiger partial charge in [0, 0.05) is 12.3 Å². The molecule has 1 saturated heterocycles. The summed E-state index contributed by atoms with van der Waals surface area (Å²) in [6.07, 6.45) is 0. The summed E-state index contributed by atoms with van der Waals surface area (Å²) < 4.78 is 0. The van der Waals surface area contributed by atoms with Crippen LogP contribution in [0, 0.1) is 0 Å². The van der Waals surface area contributed by atoms with E-state index in [1.807, 2.05) is 23.7 Å². The molecule has 1 heterocycles. The van der Waals surface area contributed by atoms with Gasteiger partial charge in [0.05, 0.1) is 12.5 Å². The molecule has 0 unspecified atom stereocenters. The first-order valence-electron chi connectivity index (χ1n) is 2.89. The molecular weight excluding hydrogens is 122 g/mol. The van der Waals surface area contributed by atoms with Crippen LogP contribution in [0.15, 0.2) is 0 Å². The first kappa shape index (κ1) is 6.39. The highest BCUT2D eigenvalue weighted by molar-refractivity contribution is 7.99. The second-order valence-electron chi connectivity index (χ2n) is 1.66. The maximum atomic E-state index is 5.22. The molecule has 0 spiro atoms. The lowest BCUT2D eigenvalue weighted by Crippen LogP contribution is -2.19. The predicted octanol–water partition coefficient (Wildman–Crippen LogP) is 0.944. The smallest absolute Gasteiger partial charge is 0.0697 e. The Morgan fingerprint density at radius 1 is 1.75 bits per heavy atom. The lowest BCUT2D eigenvalue weighted by Gasteiger charge is -2.10. The molecule has 0 aliphatic carbocycles. The van der Waals surface area contributed by atoms with Crippen molar-refractivity contribution in [2.45, 2.75) is 6.92 Å². The monoisotopic (exact) mass is 133 g/mol. The van der Waals surface area contributed by atoms with E-state index >= 15 is 0 Å². The van der Waals surface area contributed by atoms with Crippen LogP contribution in [0.5, 0.6) is 0 Å². The van der Waals surface area contributed by atoms with Gasteiger partial charge in [0.25, 0.3) is 0 Å². The van der Waals surface area contributed by atoms with Gasteiger partial charge in [-0.25, -0.2) is 0 Å². The van der Waals surface area contributed by atoms with Crippen LogP contribution < -0.4 is 0 Å². The highest BCUT2D eigenvalue weighted by atomic mass is 32.2. The van der Waals surface area contributed by atoms with Crippen molar-refractivity contribution < 1.29 is 4.84 Å². The van der Waals surface area contributed by atoms with Gasteiger partial charge < -0.3 is 0 Å². The molecule has 0 aromatic rings. The van der Waals surface area contributed by atoms with Gasteiger partial charge in [-0.3, -0.25) is 4.84 Å². The average molecular weight is 133 g/mol. The molecule has 2 nitrogen and oxygen atoms in total. The third-order valence-electron chi connectivity index (χ3n) is 1.03. The van der Waals surface area contributed by atoms with Crippen LogP contribution in [-0.2, 0) is 4.84 Å². The maximum absolute atomic E-state index is 5.22. The normalized spacial score (nSPS) is 22.1. The molecule has 3 heteroatoms. The number of thioether (sulfide) groups is 1. The lowest BCUT2D eigenvalue weighted by molar-refractivity contribution is -0.131. The van der Waals surface area contributed by atoms with E-state index in [-0.39, 0.29) is 0 Å². The van der Waals surface area contributed by atoms with Crippen LogP contribution in [-0.4, -0.2) is 29.8 Å². The van der Waals surface area contributed by atoms with Crippen molar-refractivity contribution in [1.29, 1.82) is 0 Å². The minimum atomic E-state index is 0.806. The average Bonchev–Trinajstić information content (AvgIpc) is 2.19. The van der Waals surface area contributed by atoms with E-state index in [1.54, 1.807) is 0 Å². The number of nitrogens with zero attached hydrogens (tertiary/aromatic N) is 1. The SMILES string of the molecule is CCON1CCSC1. The van der Waals surface area contributed by atoms with Crippen LogP contribution >= 0.6 is 11.8 Å². The zero-order valence-corrected chi connectivity index (χ0v) is 5.91. The van der Waals surface area contributed by atoms with Gasteiger partial charge >= 0.3 is 0 Å². The second-order valence-corrected chi connectivity index (χ2v) is 2.74. The van der Waals surface area contributed by atoms with Gasteiger partial charge in [-0.05, 0) is 6.92 Å². The van der Waals surface area contributed by atoms with E-state index in [0.717, 1.165) is 19.0 Å². The summed E-state index contributed by atoms with van der Waals surface area (Å²) in [6.45, 7) is 3.92. The number of rotatable bonds is 2. The topological polar surface area (TPSA) is 12.5 Å². The summed E-state index contributed by atoms with van der Waals surface area (Å²) in [6, 6.07) is 0. The molecule has 0 saturated carbocycles. The van der Waals surface area contributed by atoms with Gasteiger partial charge in [-0.15, -0.1) is 11.8 Å². The maximum Gasteiger partial charge on any atom is 0.0697 e. The molecule has 48 valence electrons. The summed E-state index contributed by atoms with van der Waals surface area (Å²) in [5, 5.41) is 2.00. The number of hydrogen-bond acceptors (Lipinski definition) is 3. The van der Waals surface area contributed by atoms with Crippen molar-refractivity contribution >= 4 is 11.8 Å². The van der Waals surface area contributed by atoms with E-state index in [9.17, 15) is 0 Å². The standard InChI is InChI=1S/C5H11NOS/c1-2-7-6-3-4-8-5-6/h2-5H2,1H3. The number of hydrogen-bond donors (Lipinski definition) is 0. The van der Waals surface area contributed by atoms with Crippen molar-refractivity contribution in [3.63, 3.8) is 0 Å². The Bertz CT molecular complexity index is 63.4. The predicted molar refractivity (Wildman–Crippen MR) is 35.7 cm³/mol. The van der Waals surface area contributed by atoms with Crippen LogP contribution in [0.2, 0.25) is 0 Å². The fourth-order valence-corrected chi connectivity index (χ4v) is 1.55. The van der Waals surface area contributed by atoms with E-state index in [0.29, 0.717) is 0 Å². The van der Waals surface area contributed by atoms with Crippen LogP contribution in [0.1, 0.15) is 6.92 Å². The molecular formula is C5H11NOS. The summed E-state index contributed by atoms with van der Waals surface area (Å²) in [5.74, 6) is 2.27. The van der Waals surface area contributed by atoms with E-state index in [1.165, 1.54) is 5.75 Å². The molecule has 8 heavy (non-hydrogen) atoms. The molecule has 1 fully saturated rings. The van der Waals surface area contributed by atoms with Gasteiger partial charge in [0.15, 0.2) is 0 Å². The summed E-state index contributed by atoms with van der Waals surface area (Å²) >= 11 is 1.92. The summed E-state index contributed by atoms with van der Waals surface area (Å²) in [4.78, 5) is 5.22. The molecule has 0 amide bonds. The molecule has 1 aliphatic heterocycles. The fourth-order valence-electron chi connectivity index (χ4n) is 0.682. The molecule has 1 aliphatic rings. The highest BCUT2D eigenvalue weighted by Crippen LogP contribution is 2.12. The zero-order valence-electron chi connectivity index (χ0n) is 5.09. The van der Waals surface area contributed by atoms with Crippen LogP contribution in [0.4, 0.5) is 0 Å². The Balaban J connectivity index is 2.06. The number of hydroxylamine groups is 2. The molecule has 0 N–H and O–H groups in total. The molecule has 0 aromatic heterocycles. The van der Waals surface area contributed by atoms with Crippen molar-refractivity contribution in [2.24, 2.45) is 0 Å². The Hall–Kier alpha value is 0.270. The molecule has 0 bridgehead atoms. The van der Waals surface area contributed by atoms with Crippen molar-refractivity contribution in [3.8, 4) is 0 Å². The molecule has 1 rings (SSSR count). The van der Waals surface area contributed by atoms with Crippen LogP contribution in [0.3, 0.4) is 0 Å². The Morgan fingerprint density at radius 3 is 3.12 bits per heavy atom. The second kappa shape index (κ2) is 3.33. The van der Waals surface area contributed by atoms with E-state index in [2.05, 4.69) is 0 Å². The molecule has 0 atom stereocenters. The Kier molecular flexibility index (Phi) is 2.66. The van der Waals surface area contributed by atoms with Crippen molar-refractivity contribution in [1.82, 2.24) is 5.06 Å². The minimum Gasteiger partial charge on any atom is -0.298 e. The minimum absolute atomic E-state index is 0.806. The highest BCUT2D eigenvalue weighted by Gasteiger charge is 2.10. The van der Waals surface area contributed by atoms with E-state index < -0.39 is 0 Å². The first-order valence-corrected chi connectivity index (χ1v) is 4.04. The third-order valence-corrected chi connectivity index (χ3v) is 1.97. The summed E-state index contributed by atoms with van der Waals surface area (Å²) in [7, 11) is 0. The quantitative estimate of drug-likeness (QED) is 0.556. The Labute approximate surface area is 54.1 Å². The van der Waals surface area contributed by atoms with Gasteiger partial charge in [-0.1, -0.05) is 0 Å². The largest absolute Gasteiger partial charge is 0.298 e. The molecule has 0 aromatic carbocycles. The van der Waals surface area contributed by atoms with Gasteiger partial charge in [0.1, 0.15) is 0 Å². The molecule has 0 radical (unpaired) electrons. The first-order chi connectivity index (χ1) is 3.93. The van der Waals surface area contributed by atoms with Gasteiger partial charge in [0.2, 0.25) is 0 Å². The lowest BCUT2D eigenvalue weighted by atomic mass is 10.7. The summed E-state index contributed by atoms with van der Waals surface area (Å²) in [5.41, 5.74) is 0. The van der Waals surface area contributed by atoms with Crippen molar-refractivity contribution in [2.75, 3.05) is 24.8 Å². The fraction of sp³-hybridized carbons (Fsp3) is 1.00. The van der Waals surface area contributed by atoms with Crippen LogP contribution in [0.25, 0.3) is 0 Å².